The number of hydrogen-bond donors (Lipinski definition) is 2. The summed E-state index contributed by atoms with van der Waals surface area (Å²) in [6.45, 7) is 1.56. The van der Waals surface area contributed by atoms with E-state index in [-0.39, 0.29) is 11.8 Å². The second-order valence-corrected chi connectivity index (χ2v) is 5.94. The molecule has 2 amide bonds. The molecule has 0 aromatic heterocycles. The van der Waals surface area contributed by atoms with E-state index in [0.29, 0.717) is 32.5 Å². The van der Waals surface area contributed by atoms with E-state index in [2.05, 4.69) is 16.7 Å². The molecule has 5 heteroatoms. The van der Waals surface area contributed by atoms with Crippen molar-refractivity contribution in [2.45, 2.75) is 44.9 Å². The van der Waals surface area contributed by atoms with Crippen LogP contribution in [-0.4, -0.2) is 38.6 Å². The highest BCUT2D eigenvalue weighted by atomic mass is 16.5. The van der Waals surface area contributed by atoms with E-state index < -0.39 is 5.41 Å². The number of carbonyl (C=O) groups is 2. The van der Waals surface area contributed by atoms with Gasteiger partial charge in [-0.15, -0.1) is 0 Å². The summed E-state index contributed by atoms with van der Waals surface area (Å²) in [5, 5.41) is 5.70. The van der Waals surface area contributed by atoms with Gasteiger partial charge in [-0.1, -0.05) is 11.6 Å². The lowest BCUT2D eigenvalue weighted by atomic mass is 9.97. The first-order chi connectivity index (χ1) is 10.2. The fourth-order valence-electron chi connectivity index (χ4n) is 2.76. The van der Waals surface area contributed by atoms with Crippen LogP contribution >= 0.6 is 0 Å². The number of carbonyl (C=O) groups excluding carboxylic acids is 2. The molecule has 0 spiro atoms. The average molecular weight is 294 g/mol. The Morgan fingerprint density at radius 2 is 1.90 bits per heavy atom. The monoisotopic (exact) mass is 294 g/mol. The second-order valence-electron chi connectivity index (χ2n) is 5.94. The minimum atomic E-state index is -0.811. The summed E-state index contributed by atoms with van der Waals surface area (Å²) in [5.74, 6) is -0.275. The number of ether oxygens (including phenoxy) is 1. The third-order valence-electron chi connectivity index (χ3n) is 4.33. The molecule has 1 fully saturated rings. The molecule has 0 aliphatic heterocycles. The molecule has 0 aromatic rings. The Hall–Kier alpha value is -1.36. The number of amides is 2. The van der Waals surface area contributed by atoms with E-state index in [4.69, 9.17) is 4.74 Å². The second kappa shape index (κ2) is 7.59. The maximum Gasteiger partial charge on any atom is 0.235 e. The summed E-state index contributed by atoms with van der Waals surface area (Å²) >= 11 is 0. The highest BCUT2D eigenvalue weighted by molar-refractivity contribution is 6.07. The number of allylic oxidation sites excluding steroid dienone is 1. The highest BCUT2D eigenvalue weighted by Gasteiger charge is 2.56. The van der Waals surface area contributed by atoms with E-state index in [1.54, 1.807) is 7.11 Å². The van der Waals surface area contributed by atoms with Crippen LogP contribution in [0.15, 0.2) is 11.6 Å². The zero-order valence-corrected chi connectivity index (χ0v) is 12.9. The first-order valence-electron chi connectivity index (χ1n) is 7.92. The van der Waals surface area contributed by atoms with Gasteiger partial charge in [0.1, 0.15) is 5.41 Å². The largest absolute Gasteiger partial charge is 0.383 e. The summed E-state index contributed by atoms with van der Waals surface area (Å²) < 4.78 is 4.90. The average Bonchev–Trinajstić information content (AvgIpc) is 3.30. The zero-order valence-electron chi connectivity index (χ0n) is 12.9. The molecule has 2 aliphatic carbocycles. The topological polar surface area (TPSA) is 67.4 Å². The number of rotatable bonds is 8. The van der Waals surface area contributed by atoms with Crippen LogP contribution in [0.5, 0.6) is 0 Å². The van der Waals surface area contributed by atoms with Gasteiger partial charge < -0.3 is 15.4 Å². The third-order valence-corrected chi connectivity index (χ3v) is 4.33. The molecule has 21 heavy (non-hydrogen) atoms. The molecule has 0 aromatic carbocycles. The Labute approximate surface area is 126 Å². The molecule has 2 N–H and O–H groups in total. The molecule has 0 bridgehead atoms. The van der Waals surface area contributed by atoms with Crippen LogP contribution < -0.4 is 10.6 Å². The molecule has 118 valence electrons. The smallest absolute Gasteiger partial charge is 0.235 e. The Morgan fingerprint density at radius 3 is 2.48 bits per heavy atom. The minimum absolute atomic E-state index is 0.117. The Kier molecular flexibility index (Phi) is 5.79. The van der Waals surface area contributed by atoms with E-state index in [9.17, 15) is 9.59 Å². The van der Waals surface area contributed by atoms with Crippen molar-refractivity contribution < 1.29 is 14.3 Å². The maximum absolute atomic E-state index is 12.2. The quantitative estimate of drug-likeness (QED) is 0.405. The lowest BCUT2D eigenvalue weighted by Gasteiger charge is -2.17. The van der Waals surface area contributed by atoms with Gasteiger partial charge >= 0.3 is 0 Å². The fourth-order valence-corrected chi connectivity index (χ4v) is 2.76. The normalized spacial score (nSPS) is 19.6. The number of hydrogen-bond acceptors (Lipinski definition) is 3. The van der Waals surface area contributed by atoms with Gasteiger partial charge in [0.15, 0.2) is 0 Å². The van der Waals surface area contributed by atoms with Crippen molar-refractivity contribution in [3.05, 3.63) is 11.6 Å². The Bertz CT molecular complexity index is 414. The lowest BCUT2D eigenvalue weighted by molar-refractivity contribution is -0.137. The zero-order chi connectivity index (χ0) is 15.1. The summed E-state index contributed by atoms with van der Waals surface area (Å²) in [6, 6.07) is 0. The molecule has 0 heterocycles. The molecular weight excluding hydrogens is 268 g/mol. The molecule has 2 rings (SSSR count). The molecule has 1 saturated carbocycles. The third kappa shape index (κ3) is 4.30. The van der Waals surface area contributed by atoms with Crippen molar-refractivity contribution in [3.63, 3.8) is 0 Å². The summed E-state index contributed by atoms with van der Waals surface area (Å²) in [7, 11) is 1.59. The maximum atomic E-state index is 12.2. The van der Waals surface area contributed by atoms with E-state index >= 15 is 0 Å². The molecule has 0 atom stereocenters. The minimum Gasteiger partial charge on any atom is -0.383 e. The van der Waals surface area contributed by atoms with Crippen LogP contribution in [0.1, 0.15) is 44.9 Å². The van der Waals surface area contributed by atoms with Gasteiger partial charge in [-0.25, -0.2) is 0 Å². The van der Waals surface area contributed by atoms with Crippen LogP contribution in [0.2, 0.25) is 0 Å². The van der Waals surface area contributed by atoms with Crippen molar-refractivity contribution >= 4 is 11.8 Å². The molecule has 0 radical (unpaired) electrons. The van der Waals surface area contributed by atoms with Crippen LogP contribution in [0, 0.1) is 5.41 Å². The summed E-state index contributed by atoms with van der Waals surface area (Å²) in [5.41, 5.74) is 0.630. The predicted octanol–water partition coefficient (Wildman–Crippen LogP) is 1.54. The highest BCUT2D eigenvalue weighted by Crippen LogP contribution is 2.46. The molecule has 2 aliphatic rings. The number of nitrogens with one attached hydrogen (secondary N) is 2. The lowest BCUT2D eigenvalue weighted by Crippen LogP contribution is -2.44. The first-order valence-corrected chi connectivity index (χ1v) is 7.92. The predicted molar refractivity (Wildman–Crippen MR) is 80.7 cm³/mol. The van der Waals surface area contributed by atoms with Crippen molar-refractivity contribution in [1.29, 1.82) is 0 Å². The van der Waals surface area contributed by atoms with Gasteiger partial charge in [-0.05, 0) is 44.9 Å². The van der Waals surface area contributed by atoms with E-state index in [0.717, 1.165) is 19.3 Å². The van der Waals surface area contributed by atoms with Crippen molar-refractivity contribution in [2.75, 3.05) is 26.8 Å². The van der Waals surface area contributed by atoms with Gasteiger partial charge in [0, 0.05) is 20.2 Å². The summed E-state index contributed by atoms with van der Waals surface area (Å²) in [4.78, 5) is 24.3. The first kappa shape index (κ1) is 16.0. The number of methoxy groups -OCH3 is 1. The van der Waals surface area contributed by atoms with E-state index in [1.807, 2.05) is 0 Å². The van der Waals surface area contributed by atoms with Crippen LogP contribution in [0.3, 0.4) is 0 Å². The SMILES string of the molecule is COCCNC(=O)C1(C(=O)NCCC2=CCCCC2)CC1. The fraction of sp³-hybridized carbons (Fsp3) is 0.750. The van der Waals surface area contributed by atoms with Crippen molar-refractivity contribution in [3.8, 4) is 0 Å². The van der Waals surface area contributed by atoms with Crippen LogP contribution in [-0.2, 0) is 14.3 Å². The van der Waals surface area contributed by atoms with Gasteiger partial charge in [-0.3, -0.25) is 9.59 Å². The van der Waals surface area contributed by atoms with Gasteiger partial charge in [0.05, 0.1) is 6.61 Å². The van der Waals surface area contributed by atoms with Crippen LogP contribution in [0.4, 0.5) is 0 Å². The summed E-state index contributed by atoms with van der Waals surface area (Å²) in [6.07, 6.45) is 9.35. The van der Waals surface area contributed by atoms with Crippen molar-refractivity contribution in [1.82, 2.24) is 10.6 Å². The Balaban J connectivity index is 1.71. The molecule has 0 saturated heterocycles. The standard InChI is InChI=1S/C16H26N2O3/c1-21-12-11-18-15(20)16(8-9-16)14(19)17-10-7-13-5-3-2-4-6-13/h5H,2-4,6-12H2,1H3,(H,17,19)(H,18,20). The Morgan fingerprint density at radius 1 is 1.19 bits per heavy atom. The van der Waals surface area contributed by atoms with Crippen molar-refractivity contribution in [2.24, 2.45) is 5.41 Å². The molecule has 5 nitrogen and oxygen atoms in total. The van der Waals surface area contributed by atoms with E-state index in [1.165, 1.54) is 18.4 Å². The van der Waals surface area contributed by atoms with Crippen LogP contribution in [0.25, 0.3) is 0 Å². The van der Waals surface area contributed by atoms with Gasteiger partial charge in [-0.2, -0.15) is 0 Å². The van der Waals surface area contributed by atoms with Gasteiger partial charge in [0.25, 0.3) is 0 Å². The molecular formula is C16H26N2O3. The molecule has 0 unspecified atom stereocenters. The van der Waals surface area contributed by atoms with Gasteiger partial charge in [0.2, 0.25) is 11.8 Å².